The molecule has 234 valence electrons. The molecule has 2 amide bonds. The third kappa shape index (κ3) is 14.1. The molecule has 0 atom stereocenters. The van der Waals surface area contributed by atoms with Crippen LogP contribution in [-0.2, 0) is 51.2 Å². The second-order valence-electron chi connectivity index (χ2n) is 8.90. The predicted octanol–water partition coefficient (Wildman–Crippen LogP) is 3.12. The lowest BCUT2D eigenvalue weighted by Gasteiger charge is -2.21. The van der Waals surface area contributed by atoms with E-state index in [1.165, 1.54) is 50.4 Å². The normalized spacial score (nSPS) is 10.7. The van der Waals surface area contributed by atoms with Gasteiger partial charge in [0.1, 0.15) is 37.9 Å². The second kappa shape index (κ2) is 19.8. The van der Waals surface area contributed by atoms with Crippen LogP contribution in [0.1, 0.15) is 37.4 Å². The maximum Gasteiger partial charge on any atom is 0.302 e. The molecule has 0 N–H and O–H groups in total. The van der Waals surface area contributed by atoms with Gasteiger partial charge in [-0.25, -0.2) is 0 Å². The van der Waals surface area contributed by atoms with Crippen LogP contribution in [0.5, 0.6) is 11.5 Å². The lowest BCUT2D eigenvalue weighted by atomic mass is 10.3. The van der Waals surface area contributed by atoms with Crippen LogP contribution in [0, 0.1) is 0 Å². The molecule has 0 unspecified atom stereocenters. The van der Waals surface area contributed by atoms with Gasteiger partial charge in [0.05, 0.1) is 62.4 Å². The summed E-state index contributed by atoms with van der Waals surface area (Å²) in [5.41, 5.74) is 0. The first-order valence-electron chi connectivity index (χ1n) is 13.5. The maximum absolute atomic E-state index is 12.0. The predicted molar refractivity (Wildman–Crippen MR) is 157 cm³/mol. The van der Waals surface area contributed by atoms with Gasteiger partial charge >= 0.3 is 11.9 Å². The second-order valence-corrected chi connectivity index (χ2v) is 10.9. The quantitative estimate of drug-likeness (QED) is 0.150. The summed E-state index contributed by atoms with van der Waals surface area (Å²) >= 11 is 2.98. The molecule has 0 bridgehead atoms. The number of nitrogens with zero attached hydrogens (tertiary/aromatic N) is 2. The van der Waals surface area contributed by atoms with Gasteiger partial charge in [0.15, 0.2) is 0 Å². The minimum absolute atomic E-state index is 0.112. The Morgan fingerprint density at radius 1 is 0.595 bits per heavy atom. The van der Waals surface area contributed by atoms with E-state index in [0.717, 1.165) is 9.75 Å². The Morgan fingerprint density at radius 2 is 0.976 bits per heavy atom. The number of carbonyl (C=O) groups excluding carboxylic acids is 4. The maximum atomic E-state index is 12.0. The fraction of sp³-hybridized carbons (Fsp3) is 0.571. The van der Waals surface area contributed by atoms with Crippen LogP contribution in [0.4, 0.5) is 0 Å². The molecule has 2 aromatic heterocycles. The van der Waals surface area contributed by atoms with Crippen LogP contribution in [0.3, 0.4) is 0 Å². The standard InChI is InChI=1S/C28H40N2O10S2/c1-21(31)29(7-9-37-23(3)33)19-27-25(5-17-41-27)39-15-13-35-11-12-36-14-16-40-26-6-18-42-28(26)20-30(22(2)32)8-10-38-24(4)34/h5-6,17-18H,7-16,19-20H2,1-4H3. The van der Waals surface area contributed by atoms with E-state index in [0.29, 0.717) is 77.3 Å². The van der Waals surface area contributed by atoms with Crippen molar-refractivity contribution in [3.63, 3.8) is 0 Å². The van der Waals surface area contributed by atoms with Crippen molar-refractivity contribution in [2.24, 2.45) is 0 Å². The number of ether oxygens (including phenoxy) is 6. The summed E-state index contributed by atoms with van der Waals surface area (Å²) in [4.78, 5) is 50.9. The Morgan fingerprint density at radius 3 is 1.33 bits per heavy atom. The summed E-state index contributed by atoms with van der Waals surface area (Å²) < 4.78 is 32.7. The highest BCUT2D eigenvalue weighted by Gasteiger charge is 2.16. The van der Waals surface area contributed by atoms with E-state index in [1.807, 2.05) is 22.9 Å². The van der Waals surface area contributed by atoms with Gasteiger partial charge < -0.3 is 38.2 Å². The molecular formula is C28H40N2O10S2. The van der Waals surface area contributed by atoms with Gasteiger partial charge in [-0.3, -0.25) is 19.2 Å². The number of esters is 2. The van der Waals surface area contributed by atoms with Crippen LogP contribution in [0.15, 0.2) is 22.9 Å². The fourth-order valence-electron chi connectivity index (χ4n) is 3.53. The summed E-state index contributed by atoms with van der Waals surface area (Å²) in [7, 11) is 0. The Labute approximate surface area is 254 Å². The zero-order chi connectivity index (χ0) is 30.7. The first kappa shape index (κ1) is 35.0. The minimum Gasteiger partial charge on any atom is -0.490 e. The van der Waals surface area contributed by atoms with Gasteiger partial charge in [0.25, 0.3) is 0 Å². The topological polar surface area (TPSA) is 130 Å². The molecule has 14 heteroatoms. The molecule has 0 spiro atoms. The molecule has 0 aromatic carbocycles. The molecule has 0 aliphatic heterocycles. The van der Waals surface area contributed by atoms with Crippen LogP contribution < -0.4 is 9.47 Å². The molecule has 2 aromatic rings. The van der Waals surface area contributed by atoms with Gasteiger partial charge in [-0.15, -0.1) is 22.7 Å². The number of hydrogen-bond acceptors (Lipinski definition) is 12. The van der Waals surface area contributed by atoms with Crippen LogP contribution in [0.25, 0.3) is 0 Å². The first-order valence-corrected chi connectivity index (χ1v) is 15.2. The lowest BCUT2D eigenvalue weighted by Crippen LogP contribution is -2.31. The summed E-state index contributed by atoms with van der Waals surface area (Å²) in [6, 6.07) is 3.71. The van der Waals surface area contributed by atoms with Gasteiger partial charge in [0, 0.05) is 27.7 Å². The highest BCUT2D eigenvalue weighted by molar-refractivity contribution is 7.10. The first-order chi connectivity index (χ1) is 20.2. The Kier molecular flexibility index (Phi) is 16.5. The number of rotatable bonds is 21. The lowest BCUT2D eigenvalue weighted by molar-refractivity contribution is -0.143. The monoisotopic (exact) mass is 628 g/mol. The van der Waals surface area contributed by atoms with Crippen LogP contribution in [-0.4, -0.2) is 99.5 Å². The van der Waals surface area contributed by atoms with E-state index >= 15 is 0 Å². The van der Waals surface area contributed by atoms with Crippen LogP contribution >= 0.6 is 22.7 Å². The third-order valence-corrected chi connectivity index (χ3v) is 7.42. The molecule has 2 rings (SSSR count). The Hall–Kier alpha value is -3.20. The van der Waals surface area contributed by atoms with Gasteiger partial charge in [-0.1, -0.05) is 0 Å². The number of amides is 2. The van der Waals surface area contributed by atoms with Crippen molar-refractivity contribution in [1.29, 1.82) is 0 Å². The van der Waals surface area contributed by atoms with E-state index in [4.69, 9.17) is 28.4 Å². The zero-order valence-corrected chi connectivity index (χ0v) is 26.2. The minimum atomic E-state index is -0.380. The van der Waals surface area contributed by atoms with E-state index in [9.17, 15) is 19.2 Å². The molecule has 0 saturated carbocycles. The van der Waals surface area contributed by atoms with Crippen molar-refractivity contribution in [2.75, 3.05) is 65.9 Å². The third-order valence-electron chi connectivity index (χ3n) is 5.64. The molecular weight excluding hydrogens is 588 g/mol. The van der Waals surface area contributed by atoms with Crippen molar-refractivity contribution < 1.29 is 47.6 Å². The fourth-order valence-corrected chi connectivity index (χ4v) is 5.19. The smallest absolute Gasteiger partial charge is 0.302 e. The highest BCUT2D eigenvalue weighted by atomic mass is 32.1. The zero-order valence-electron chi connectivity index (χ0n) is 24.6. The molecule has 0 saturated heterocycles. The van der Waals surface area contributed by atoms with Crippen molar-refractivity contribution in [2.45, 2.75) is 40.8 Å². The number of carbonyl (C=O) groups is 4. The van der Waals surface area contributed by atoms with Crippen LogP contribution in [0.2, 0.25) is 0 Å². The molecule has 0 aliphatic carbocycles. The van der Waals surface area contributed by atoms with Gasteiger partial charge in [-0.05, 0) is 22.9 Å². The molecule has 42 heavy (non-hydrogen) atoms. The Bertz CT molecular complexity index is 1030. The average molecular weight is 629 g/mol. The number of thiophene rings is 2. The van der Waals surface area contributed by atoms with Crippen molar-refractivity contribution in [1.82, 2.24) is 9.80 Å². The molecule has 2 heterocycles. The number of hydrogen-bond donors (Lipinski definition) is 0. The van der Waals surface area contributed by atoms with E-state index in [-0.39, 0.29) is 37.0 Å². The van der Waals surface area contributed by atoms with Crippen molar-refractivity contribution in [3.8, 4) is 11.5 Å². The summed E-state index contributed by atoms with van der Waals surface area (Å²) in [6.07, 6.45) is 0. The summed E-state index contributed by atoms with van der Waals surface area (Å²) in [5.74, 6) is 0.403. The van der Waals surface area contributed by atoms with E-state index in [2.05, 4.69) is 0 Å². The van der Waals surface area contributed by atoms with Gasteiger partial charge in [0.2, 0.25) is 11.8 Å². The highest BCUT2D eigenvalue weighted by Crippen LogP contribution is 2.27. The molecule has 0 radical (unpaired) electrons. The summed E-state index contributed by atoms with van der Waals surface area (Å²) in [6.45, 7) is 9.52. The molecule has 12 nitrogen and oxygen atoms in total. The van der Waals surface area contributed by atoms with Gasteiger partial charge in [-0.2, -0.15) is 0 Å². The molecule has 0 fully saturated rings. The SMILES string of the molecule is CC(=O)OCCN(Cc1sccc1OCCOCCOCCOc1ccsc1CN(CCOC(C)=O)C(C)=O)C(C)=O. The van der Waals surface area contributed by atoms with Crippen molar-refractivity contribution >= 4 is 46.4 Å². The Balaban J connectivity index is 1.59. The largest absolute Gasteiger partial charge is 0.490 e. The van der Waals surface area contributed by atoms with E-state index < -0.39 is 0 Å². The molecule has 0 aliphatic rings. The van der Waals surface area contributed by atoms with E-state index in [1.54, 1.807) is 9.80 Å². The van der Waals surface area contributed by atoms with Crippen molar-refractivity contribution in [3.05, 3.63) is 32.6 Å². The average Bonchev–Trinajstić information content (AvgIpc) is 3.56. The summed E-state index contributed by atoms with van der Waals surface area (Å²) in [5, 5.41) is 3.80.